The molecule has 1 saturated heterocycles. The molecule has 1 aromatic carbocycles. The van der Waals surface area contributed by atoms with E-state index in [9.17, 15) is 18.0 Å². The van der Waals surface area contributed by atoms with Crippen molar-refractivity contribution >= 4 is 21.8 Å². The highest BCUT2D eigenvalue weighted by Gasteiger charge is 2.25. The number of amides is 2. The lowest BCUT2D eigenvalue weighted by molar-refractivity contribution is -0.133. The fraction of sp³-hybridized carbons (Fsp3) is 0.619. The third kappa shape index (κ3) is 6.02. The topological polar surface area (TPSA) is 86.8 Å². The van der Waals surface area contributed by atoms with Gasteiger partial charge in [-0.15, -0.1) is 0 Å². The molecule has 1 fully saturated rings. The Hall–Kier alpha value is -1.93. The molecule has 2 rings (SSSR count). The maximum Gasteiger partial charge on any atom is 0.251 e. The standard InChI is InChI=1S/C21H33N3O4S/c1-15(2)14-20(25)24-12-10-18(11-13-24)22-21(26)17-6-8-19(9-7-17)29(27,28)23(5)16(3)4/h6-9,15-16,18H,10-14H2,1-5H3,(H,22,26). The van der Waals surface area contributed by atoms with Crippen LogP contribution in [-0.4, -0.2) is 61.7 Å². The molecule has 0 aromatic heterocycles. The Bertz CT molecular complexity index is 811. The van der Waals surface area contributed by atoms with Gasteiger partial charge in [0.1, 0.15) is 0 Å². The number of hydrogen-bond acceptors (Lipinski definition) is 4. The minimum Gasteiger partial charge on any atom is -0.349 e. The fourth-order valence-corrected chi connectivity index (χ4v) is 4.61. The van der Waals surface area contributed by atoms with E-state index in [0.717, 1.165) is 12.8 Å². The van der Waals surface area contributed by atoms with Crippen LogP contribution < -0.4 is 5.32 Å². The Labute approximate surface area is 174 Å². The quantitative estimate of drug-likeness (QED) is 0.730. The summed E-state index contributed by atoms with van der Waals surface area (Å²) in [4.78, 5) is 26.7. The first-order valence-corrected chi connectivity index (χ1v) is 11.6. The molecular weight excluding hydrogens is 390 g/mol. The summed E-state index contributed by atoms with van der Waals surface area (Å²) in [6.07, 6.45) is 2.00. The van der Waals surface area contributed by atoms with Gasteiger partial charge in [0.2, 0.25) is 15.9 Å². The van der Waals surface area contributed by atoms with Crippen molar-refractivity contribution in [2.45, 2.75) is 63.9 Å². The highest BCUT2D eigenvalue weighted by Crippen LogP contribution is 2.18. The van der Waals surface area contributed by atoms with Crippen molar-refractivity contribution in [3.8, 4) is 0 Å². The van der Waals surface area contributed by atoms with Crippen LogP contribution in [0.15, 0.2) is 29.2 Å². The number of piperidine rings is 1. The predicted octanol–water partition coefficient (Wildman–Crippen LogP) is 2.48. The number of carbonyl (C=O) groups is 2. The second-order valence-electron chi connectivity index (χ2n) is 8.37. The van der Waals surface area contributed by atoms with Crippen LogP contribution in [0.5, 0.6) is 0 Å². The Balaban J connectivity index is 1.93. The molecule has 1 heterocycles. The van der Waals surface area contributed by atoms with E-state index in [2.05, 4.69) is 5.32 Å². The molecule has 8 heteroatoms. The summed E-state index contributed by atoms with van der Waals surface area (Å²) < 4.78 is 26.3. The highest BCUT2D eigenvalue weighted by molar-refractivity contribution is 7.89. The summed E-state index contributed by atoms with van der Waals surface area (Å²) in [7, 11) is -2.03. The van der Waals surface area contributed by atoms with Gasteiger partial charge in [0.25, 0.3) is 5.91 Å². The monoisotopic (exact) mass is 423 g/mol. The number of nitrogens with one attached hydrogen (secondary N) is 1. The van der Waals surface area contributed by atoms with E-state index in [1.807, 2.05) is 18.7 Å². The van der Waals surface area contributed by atoms with Crippen LogP contribution in [0.25, 0.3) is 0 Å². The molecule has 0 unspecified atom stereocenters. The third-order valence-corrected chi connectivity index (χ3v) is 7.33. The summed E-state index contributed by atoms with van der Waals surface area (Å²) in [5, 5.41) is 3.00. The normalized spacial score (nSPS) is 15.9. The summed E-state index contributed by atoms with van der Waals surface area (Å²) in [6, 6.07) is 5.88. The largest absolute Gasteiger partial charge is 0.349 e. The number of sulfonamides is 1. The molecule has 0 spiro atoms. The van der Waals surface area contributed by atoms with E-state index in [0.29, 0.717) is 31.0 Å². The molecule has 1 aliphatic heterocycles. The molecule has 7 nitrogen and oxygen atoms in total. The second kappa shape index (κ2) is 9.71. The maximum absolute atomic E-state index is 12.5. The fourth-order valence-electron chi connectivity index (χ4n) is 3.24. The van der Waals surface area contributed by atoms with E-state index in [-0.39, 0.29) is 28.8 Å². The molecule has 29 heavy (non-hydrogen) atoms. The predicted molar refractivity (Wildman–Crippen MR) is 113 cm³/mol. The maximum atomic E-state index is 12.5. The Kier molecular flexibility index (Phi) is 7.82. The number of rotatable bonds is 7. The summed E-state index contributed by atoms with van der Waals surface area (Å²) >= 11 is 0. The zero-order valence-electron chi connectivity index (χ0n) is 18.0. The number of hydrogen-bond donors (Lipinski definition) is 1. The van der Waals surface area contributed by atoms with Gasteiger partial charge in [-0.3, -0.25) is 9.59 Å². The van der Waals surface area contributed by atoms with Gasteiger partial charge < -0.3 is 10.2 Å². The Morgan fingerprint density at radius 2 is 1.66 bits per heavy atom. The van der Waals surface area contributed by atoms with Gasteiger partial charge in [-0.05, 0) is 56.9 Å². The molecule has 1 aliphatic rings. The molecule has 0 atom stereocenters. The SMILES string of the molecule is CC(C)CC(=O)N1CCC(NC(=O)c2ccc(S(=O)(=O)N(C)C(C)C)cc2)CC1. The molecule has 0 bridgehead atoms. The van der Waals surface area contributed by atoms with Crippen LogP contribution in [-0.2, 0) is 14.8 Å². The number of benzene rings is 1. The highest BCUT2D eigenvalue weighted by atomic mass is 32.2. The number of likely N-dealkylation sites (tertiary alicyclic amines) is 1. The van der Waals surface area contributed by atoms with Gasteiger partial charge in [0.15, 0.2) is 0 Å². The first kappa shape index (κ1) is 23.3. The summed E-state index contributed by atoms with van der Waals surface area (Å²) in [6.45, 7) is 8.97. The van der Waals surface area contributed by atoms with Gasteiger partial charge >= 0.3 is 0 Å². The zero-order chi connectivity index (χ0) is 21.8. The van der Waals surface area contributed by atoms with Crippen LogP contribution >= 0.6 is 0 Å². The van der Waals surface area contributed by atoms with Crippen LogP contribution in [0.3, 0.4) is 0 Å². The minimum absolute atomic E-state index is 0.0149. The molecule has 162 valence electrons. The molecule has 1 N–H and O–H groups in total. The van der Waals surface area contributed by atoms with Crippen molar-refractivity contribution < 1.29 is 18.0 Å². The van der Waals surface area contributed by atoms with Gasteiger partial charge in [0, 0.05) is 44.2 Å². The van der Waals surface area contributed by atoms with Crippen molar-refractivity contribution in [1.29, 1.82) is 0 Å². The van der Waals surface area contributed by atoms with Gasteiger partial charge in [-0.2, -0.15) is 4.31 Å². The van der Waals surface area contributed by atoms with E-state index < -0.39 is 10.0 Å². The van der Waals surface area contributed by atoms with Gasteiger partial charge in [0.05, 0.1) is 4.90 Å². The van der Waals surface area contributed by atoms with Crippen LogP contribution in [0.2, 0.25) is 0 Å². The van der Waals surface area contributed by atoms with Crippen molar-refractivity contribution in [3.63, 3.8) is 0 Å². The molecule has 0 aliphatic carbocycles. The van der Waals surface area contributed by atoms with Gasteiger partial charge in [-0.25, -0.2) is 8.42 Å². The molecule has 2 amide bonds. The third-order valence-electron chi connectivity index (χ3n) is 5.29. The Morgan fingerprint density at radius 1 is 1.10 bits per heavy atom. The second-order valence-corrected chi connectivity index (χ2v) is 10.4. The number of nitrogens with zero attached hydrogens (tertiary/aromatic N) is 2. The van der Waals surface area contributed by atoms with Crippen molar-refractivity contribution in [2.75, 3.05) is 20.1 Å². The lowest BCUT2D eigenvalue weighted by Gasteiger charge is -2.33. The van der Waals surface area contributed by atoms with Gasteiger partial charge in [-0.1, -0.05) is 13.8 Å². The first-order chi connectivity index (χ1) is 13.5. The van der Waals surface area contributed by atoms with Crippen LogP contribution in [0, 0.1) is 5.92 Å². The first-order valence-electron chi connectivity index (χ1n) is 10.2. The molecule has 0 saturated carbocycles. The van der Waals surface area contributed by atoms with E-state index in [1.165, 1.54) is 28.6 Å². The molecule has 1 aromatic rings. The van der Waals surface area contributed by atoms with E-state index in [4.69, 9.17) is 0 Å². The van der Waals surface area contributed by atoms with E-state index in [1.54, 1.807) is 20.9 Å². The summed E-state index contributed by atoms with van der Waals surface area (Å²) in [5.41, 5.74) is 0.425. The van der Waals surface area contributed by atoms with Crippen molar-refractivity contribution in [1.82, 2.24) is 14.5 Å². The lowest BCUT2D eigenvalue weighted by atomic mass is 10.0. The average Bonchev–Trinajstić information content (AvgIpc) is 2.67. The smallest absolute Gasteiger partial charge is 0.251 e. The van der Waals surface area contributed by atoms with Crippen LogP contribution in [0.1, 0.15) is 57.3 Å². The van der Waals surface area contributed by atoms with E-state index >= 15 is 0 Å². The molecular formula is C21H33N3O4S. The number of carbonyl (C=O) groups excluding carboxylic acids is 2. The van der Waals surface area contributed by atoms with Crippen molar-refractivity contribution in [3.05, 3.63) is 29.8 Å². The Morgan fingerprint density at radius 3 is 2.14 bits per heavy atom. The molecule has 0 radical (unpaired) electrons. The lowest BCUT2D eigenvalue weighted by Crippen LogP contribution is -2.46. The zero-order valence-corrected chi connectivity index (χ0v) is 18.8. The minimum atomic E-state index is -3.57. The summed E-state index contributed by atoms with van der Waals surface area (Å²) in [5.74, 6) is 0.290. The average molecular weight is 424 g/mol. The van der Waals surface area contributed by atoms with Crippen molar-refractivity contribution in [2.24, 2.45) is 5.92 Å². The van der Waals surface area contributed by atoms with Crippen LogP contribution in [0.4, 0.5) is 0 Å².